The van der Waals surface area contributed by atoms with Gasteiger partial charge in [0.25, 0.3) is 5.56 Å². The van der Waals surface area contributed by atoms with Crippen molar-refractivity contribution in [2.45, 2.75) is 20.8 Å². The molecule has 2 aromatic heterocycles. The van der Waals surface area contributed by atoms with E-state index in [1.807, 2.05) is 26.2 Å². The molecule has 76 valence electrons. The number of H-pyrrole nitrogens is 2. The highest BCUT2D eigenvalue weighted by atomic mass is 32.1. The Labute approximate surface area is 84.6 Å². The summed E-state index contributed by atoms with van der Waals surface area (Å²) < 4.78 is 0.576. The Hall–Kier alpha value is -1.36. The van der Waals surface area contributed by atoms with Gasteiger partial charge in [0.1, 0.15) is 4.70 Å². The standard InChI is InChI=1S/C7H6N2O2S.C2H6/c1-3-2-12-5-4(3)8-7(11)9-6(5)10;1-2/h2H,1H3,(H2,8,9,10,11);1-2H3. The lowest BCUT2D eigenvalue weighted by Gasteiger charge is -1.88. The maximum atomic E-state index is 11.1. The fraction of sp³-hybridized carbons (Fsp3) is 0.333. The van der Waals surface area contributed by atoms with Crippen LogP contribution >= 0.6 is 11.3 Å². The van der Waals surface area contributed by atoms with Crippen LogP contribution in [-0.4, -0.2) is 9.97 Å². The number of rotatable bonds is 0. The Balaban J connectivity index is 0.000000461. The number of thiophene rings is 1. The van der Waals surface area contributed by atoms with Crippen LogP contribution in [0.15, 0.2) is 15.0 Å². The highest BCUT2D eigenvalue weighted by Gasteiger charge is 2.04. The van der Waals surface area contributed by atoms with Gasteiger partial charge in [0, 0.05) is 0 Å². The van der Waals surface area contributed by atoms with Gasteiger partial charge in [0.05, 0.1) is 5.52 Å². The van der Waals surface area contributed by atoms with E-state index < -0.39 is 5.69 Å². The zero-order valence-electron chi connectivity index (χ0n) is 8.30. The van der Waals surface area contributed by atoms with E-state index in [0.29, 0.717) is 10.2 Å². The molecule has 2 heterocycles. The van der Waals surface area contributed by atoms with Crippen LogP contribution in [0, 0.1) is 6.92 Å². The van der Waals surface area contributed by atoms with Crippen molar-refractivity contribution in [1.82, 2.24) is 9.97 Å². The maximum Gasteiger partial charge on any atom is 0.326 e. The van der Waals surface area contributed by atoms with Crippen molar-refractivity contribution in [3.63, 3.8) is 0 Å². The van der Waals surface area contributed by atoms with Gasteiger partial charge in [-0.15, -0.1) is 11.3 Å². The van der Waals surface area contributed by atoms with Gasteiger partial charge < -0.3 is 4.98 Å². The minimum atomic E-state index is -0.450. The molecule has 14 heavy (non-hydrogen) atoms. The van der Waals surface area contributed by atoms with Crippen molar-refractivity contribution in [1.29, 1.82) is 0 Å². The first kappa shape index (κ1) is 10.7. The second-order valence-electron chi connectivity index (χ2n) is 2.53. The molecule has 0 aliphatic heterocycles. The predicted molar refractivity (Wildman–Crippen MR) is 59.2 cm³/mol. The van der Waals surface area contributed by atoms with E-state index in [1.165, 1.54) is 11.3 Å². The third-order valence-corrected chi connectivity index (χ3v) is 2.74. The Bertz CT molecular complexity index is 535. The van der Waals surface area contributed by atoms with Gasteiger partial charge >= 0.3 is 5.69 Å². The minimum absolute atomic E-state index is 0.313. The average molecular weight is 212 g/mol. The Kier molecular flexibility index (Phi) is 3.24. The van der Waals surface area contributed by atoms with E-state index in [4.69, 9.17) is 0 Å². The minimum Gasteiger partial charge on any atom is -0.306 e. The van der Waals surface area contributed by atoms with E-state index in [1.54, 1.807) is 0 Å². The number of aryl methyl sites for hydroxylation is 1. The van der Waals surface area contributed by atoms with Crippen LogP contribution in [0.3, 0.4) is 0 Å². The highest BCUT2D eigenvalue weighted by molar-refractivity contribution is 7.17. The fourth-order valence-corrected chi connectivity index (χ4v) is 1.97. The number of hydrogen-bond donors (Lipinski definition) is 2. The van der Waals surface area contributed by atoms with Crippen molar-refractivity contribution < 1.29 is 0 Å². The molecule has 0 unspecified atom stereocenters. The number of hydrogen-bond acceptors (Lipinski definition) is 3. The average Bonchev–Trinajstić information content (AvgIpc) is 2.52. The number of nitrogens with one attached hydrogen (secondary N) is 2. The topological polar surface area (TPSA) is 65.7 Å². The highest BCUT2D eigenvalue weighted by Crippen LogP contribution is 2.17. The van der Waals surface area contributed by atoms with Crippen molar-refractivity contribution in [3.8, 4) is 0 Å². The molecule has 0 spiro atoms. The summed E-state index contributed by atoms with van der Waals surface area (Å²) in [6.07, 6.45) is 0. The Morgan fingerprint density at radius 2 is 1.86 bits per heavy atom. The lowest BCUT2D eigenvalue weighted by molar-refractivity contribution is 1.08. The molecule has 0 fully saturated rings. The van der Waals surface area contributed by atoms with Gasteiger partial charge in [0.2, 0.25) is 0 Å². The van der Waals surface area contributed by atoms with Crippen molar-refractivity contribution >= 4 is 21.6 Å². The van der Waals surface area contributed by atoms with Gasteiger partial charge in [-0.25, -0.2) is 4.79 Å². The summed E-state index contributed by atoms with van der Waals surface area (Å²) in [4.78, 5) is 26.7. The van der Waals surface area contributed by atoms with Gasteiger partial charge in [-0.2, -0.15) is 0 Å². The molecule has 0 saturated heterocycles. The monoisotopic (exact) mass is 212 g/mol. The molecule has 0 saturated carbocycles. The summed E-state index contributed by atoms with van der Waals surface area (Å²) >= 11 is 1.34. The zero-order valence-corrected chi connectivity index (χ0v) is 9.12. The Morgan fingerprint density at radius 1 is 1.21 bits per heavy atom. The summed E-state index contributed by atoms with van der Waals surface area (Å²) in [6, 6.07) is 0. The van der Waals surface area contributed by atoms with Crippen LogP contribution < -0.4 is 11.2 Å². The number of aromatic nitrogens is 2. The smallest absolute Gasteiger partial charge is 0.306 e. The largest absolute Gasteiger partial charge is 0.326 e. The molecule has 2 N–H and O–H groups in total. The van der Waals surface area contributed by atoms with E-state index in [2.05, 4.69) is 9.97 Å². The molecule has 0 atom stereocenters. The van der Waals surface area contributed by atoms with Gasteiger partial charge in [-0.1, -0.05) is 13.8 Å². The number of aromatic amines is 2. The van der Waals surface area contributed by atoms with Gasteiger partial charge in [-0.05, 0) is 17.9 Å². The van der Waals surface area contributed by atoms with Crippen LogP contribution in [-0.2, 0) is 0 Å². The van der Waals surface area contributed by atoms with Crippen molar-refractivity contribution in [2.24, 2.45) is 0 Å². The van der Waals surface area contributed by atoms with Crippen LogP contribution in [0.5, 0.6) is 0 Å². The van der Waals surface area contributed by atoms with E-state index in [9.17, 15) is 9.59 Å². The normalized spacial score (nSPS) is 9.64. The summed E-state index contributed by atoms with van der Waals surface area (Å²) in [5.74, 6) is 0. The molecule has 4 nitrogen and oxygen atoms in total. The van der Waals surface area contributed by atoms with Crippen molar-refractivity contribution in [2.75, 3.05) is 0 Å². The summed E-state index contributed by atoms with van der Waals surface area (Å²) in [7, 11) is 0. The third kappa shape index (κ3) is 1.77. The van der Waals surface area contributed by atoms with E-state index in [0.717, 1.165) is 5.56 Å². The maximum absolute atomic E-state index is 11.1. The fourth-order valence-electron chi connectivity index (χ4n) is 1.07. The molecule has 0 bridgehead atoms. The first-order chi connectivity index (χ1) is 6.68. The molecular formula is C9H12N2O2S. The van der Waals surface area contributed by atoms with Gasteiger partial charge in [-0.3, -0.25) is 9.78 Å². The van der Waals surface area contributed by atoms with E-state index in [-0.39, 0.29) is 5.56 Å². The van der Waals surface area contributed by atoms with Crippen LogP contribution in [0.4, 0.5) is 0 Å². The zero-order chi connectivity index (χ0) is 10.7. The first-order valence-corrected chi connectivity index (χ1v) is 5.27. The molecular weight excluding hydrogens is 200 g/mol. The molecule has 0 aliphatic carbocycles. The molecule has 5 heteroatoms. The Morgan fingerprint density at radius 3 is 2.50 bits per heavy atom. The predicted octanol–water partition coefficient (Wildman–Crippen LogP) is 1.61. The molecule has 2 rings (SSSR count). The third-order valence-electron chi connectivity index (χ3n) is 1.65. The van der Waals surface area contributed by atoms with Crippen LogP contribution in [0.1, 0.15) is 19.4 Å². The van der Waals surface area contributed by atoms with Gasteiger partial charge in [0.15, 0.2) is 0 Å². The van der Waals surface area contributed by atoms with Crippen LogP contribution in [0.2, 0.25) is 0 Å². The molecule has 2 aromatic rings. The van der Waals surface area contributed by atoms with Crippen LogP contribution in [0.25, 0.3) is 10.2 Å². The lowest BCUT2D eigenvalue weighted by atomic mass is 10.3. The number of fused-ring (bicyclic) bond motifs is 1. The van der Waals surface area contributed by atoms with Crippen molar-refractivity contribution in [3.05, 3.63) is 31.8 Å². The second kappa shape index (κ2) is 4.23. The second-order valence-corrected chi connectivity index (χ2v) is 3.41. The van der Waals surface area contributed by atoms with E-state index >= 15 is 0 Å². The molecule has 0 aromatic carbocycles. The quantitative estimate of drug-likeness (QED) is 0.696. The molecule has 0 amide bonds. The lowest BCUT2D eigenvalue weighted by Crippen LogP contribution is -2.20. The molecule has 0 radical (unpaired) electrons. The SMILES string of the molecule is CC.Cc1csc2c(=O)[nH]c(=O)[nH]c12. The summed E-state index contributed by atoms with van der Waals surface area (Å²) in [5.41, 5.74) is 0.813. The first-order valence-electron chi connectivity index (χ1n) is 4.39. The summed E-state index contributed by atoms with van der Waals surface area (Å²) in [5, 5.41) is 1.84. The molecule has 0 aliphatic rings. The summed E-state index contributed by atoms with van der Waals surface area (Å²) in [6.45, 7) is 5.86.